The van der Waals surface area contributed by atoms with Gasteiger partial charge in [-0.2, -0.15) is 13.2 Å². The number of rotatable bonds is 3. The molecule has 1 aromatic heterocycles. The maximum absolute atomic E-state index is 12.9. The Labute approximate surface area is 126 Å². The molecule has 3 nitrogen and oxygen atoms in total. The number of halogens is 4. The van der Waals surface area contributed by atoms with Crippen molar-refractivity contribution in [3.8, 4) is 0 Å². The molecule has 116 valence electrons. The SMILES string of the molecule is Cc1nc(C(F)(F)F)c(CN2CCCCC2CN)s1.Cl. The molecule has 0 radical (unpaired) electrons. The number of hydrogen-bond acceptors (Lipinski definition) is 4. The Morgan fingerprint density at radius 2 is 2.10 bits per heavy atom. The Morgan fingerprint density at radius 3 is 2.70 bits per heavy atom. The number of aromatic nitrogens is 1. The van der Waals surface area contributed by atoms with Crippen molar-refractivity contribution in [2.75, 3.05) is 13.1 Å². The van der Waals surface area contributed by atoms with Gasteiger partial charge in [-0.3, -0.25) is 4.90 Å². The second-order valence-electron chi connectivity index (χ2n) is 4.86. The molecule has 1 fully saturated rings. The Balaban J connectivity index is 0.00000200. The molecule has 8 heteroatoms. The summed E-state index contributed by atoms with van der Waals surface area (Å²) in [4.78, 5) is 6.01. The van der Waals surface area contributed by atoms with Crippen LogP contribution in [0.25, 0.3) is 0 Å². The zero-order valence-electron chi connectivity index (χ0n) is 11.2. The highest BCUT2D eigenvalue weighted by atomic mass is 35.5. The molecule has 1 aliphatic rings. The minimum Gasteiger partial charge on any atom is -0.329 e. The fourth-order valence-corrected chi connectivity index (χ4v) is 3.50. The van der Waals surface area contributed by atoms with E-state index in [4.69, 9.17) is 5.73 Å². The fraction of sp³-hybridized carbons (Fsp3) is 0.750. The third kappa shape index (κ3) is 4.07. The molecule has 1 aliphatic heterocycles. The number of aryl methyl sites for hydroxylation is 1. The number of nitrogens with two attached hydrogens (primary N) is 1. The van der Waals surface area contributed by atoms with Crippen LogP contribution in [-0.4, -0.2) is 29.0 Å². The van der Waals surface area contributed by atoms with E-state index < -0.39 is 11.9 Å². The van der Waals surface area contributed by atoms with Gasteiger partial charge in [0.2, 0.25) is 0 Å². The van der Waals surface area contributed by atoms with Crippen molar-refractivity contribution >= 4 is 23.7 Å². The largest absolute Gasteiger partial charge is 0.434 e. The first-order chi connectivity index (χ1) is 8.91. The van der Waals surface area contributed by atoms with Gasteiger partial charge in [0.15, 0.2) is 5.69 Å². The van der Waals surface area contributed by atoms with Gasteiger partial charge in [0.05, 0.1) is 9.88 Å². The summed E-state index contributed by atoms with van der Waals surface area (Å²) in [5.41, 5.74) is 4.97. The van der Waals surface area contributed by atoms with E-state index in [1.54, 1.807) is 6.92 Å². The predicted molar refractivity (Wildman–Crippen MR) is 76.2 cm³/mol. The van der Waals surface area contributed by atoms with E-state index >= 15 is 0 Å². The zero-order valence-corrected chi connectivity index (χ0v) is 12.9. The van der Waals surface area contributed by atoms with Gasteiger partial charge in [0.1, 0.15) is 0 Å². The van der Waals surface area contributed by atoms with Crippen LogP contribution < -0.4 is 5.73 Å². The lowest BCUT2D eigenvalue weighted by molar-refractivity contribution is -0.141. The van der Waals surface area contributed by atoms with E-state index in [-0.39, 0.29) is 18.4 Å². The molecule has 1 atom stereocenters. The van der Waals surface area contributed by atoms with Crippen LogP contribution in [0.4, 0.5) is 13.2 Å². The monoisotopic (exact) mass is 329 g/mol. The molecule has 1 aromatic rings. The summed E-state index contributed by atoms with van der Waals surface area (Å²) in [6, 6.07) is 0.192. The Kier molecular flexibility index (Phi) is 6.25. The molecular weight excluding hydrogens is 311 g/mol. The average molecular weight is 330 g/mol. The van der Waals surface area contributed by atoms with Crippen LogP contribution in [0.1, 0.15) is 34.8 Å². The molecule has 2 N–H and O–H groups in total. The van der Waals surface area contributed by atoms with Gasteiger partial charge in [-0.25, -0.2) is 4.98 Å². The second-order valence-corrected chi connectivity index (χ2v) is 6.15. The summed E-state index contributed by atoms with van der Waals surface area (Å²) < 4.78 is 38.7. The van der Waals surface area contributed by atoms with Crippen LogP contribution in [-0.2, 0) is 12.7 Å². The molecule has 0 amide bonds. The number of hydrogen-bond donors (Lipinski definition) is 1. The minimum absolute atomic E-state index is 0. The lowest BCUT2D eigenvalue weighted by atomic mass is 10.0. The van der Waals surface area contributed by atoms with E-state index in [2.05, 4.69) is 9.88 Å². The molecule has 2 heterocycles. The maximum Gasteiger partial charge on any atom is 0.434 e. The van der Waals surface area contributed by atoms with Gasteiger partial charge in [-0.05, 0) is 26.3 Å². The molecule has 0 saturated carbocycles. The van der Waals surface area contributed by atoms with Gasteiger partial charge in [0.25, 0.3) is 0 Å². The molecule has 1 saturated heterocycles. The average Bonchev–Trinajstić information content (AvgIpc) is 2.71. The van der Waals surface area contributed by atoms with E-state index in [0.29, 0.717) is 23.0 Å². The molecule has 20 heavy (non-hydrogen) atoms. The highest BCUT2D eigenvalue weighted by molar-refractivity contribution is 7.11. The van der Waals surface area contributed by atoms with E-state index in [1.165, 1.54) is 0 Å². The lowest BCUT2D eigenvalue weighted by Crippen LogP contribution is -2.43. The van der Waals surface area contributed by atoms with E-state index in [0.717, 1.165) is 37.1 Å². The van der Waals surface area contributed by atoms with Crippen molar-refractivity contribution in [2.24, 2.45) is 5.73 Å². The van der Waals surface area contributed by atoms with Gasteiger partial charge in [-0.1, -0.05) is 6.42 Å². The third-order valence-electron chi connectivity index (χ3n) is 3.44. The number of likely N-dealkylation sites (tertiary alicyclic amines) is 1. The van der Waals surface area contributed by atoms with Crippen LogP contribution in [0.3, 0.4) is 0 Å². The highest BCUT2D eigenvalue weighted by Crippen LogP contribution is 2.35. The van der Waals surface area contributed by atoms with Gasteiger partial charge < -0.3 is 5.73 Å². The first-order valence-corrected chi connectivity index (χ1v) is 7.21. The van der Waals surface area contributed by atoms with Crippen molar-refractivity contribution in [1.29, 1.82) is 0 Å². The van der Waals surface area contributed by atoms with Crippen molar-refractivity contribution in [2.45, 2.75) is 44.9 Å². The molecule has 0 aromatic carbocycles. The number of alkyl halides is 3. The normalized spacial score (nSPS) is 20.8. The van der Waals surface area contributed by atoms with Gasteiger partial charge >= 0.3 is 6.18 Å². The fourth-order valence-electron chi connectivity index (χ4n) is 2.52. The van der Waals surface area contributed by atoms with Crippen molar-refractivity contribution in [3.63, 3.8) is 0 Å². The van der Waals surface area contributed by atoms with Crippen molar-refractivity contribution in [3.05, 3.63) is 15.6 Å². The topological polar surface area (TPSA) is 42.2 Å². The molecule has 0 aliphatic carbocycles. The molecule has 0 bridgehead atoms. The van der Waals surface area contributed by atoms with Gasteiger partial charge in [-0.15, -0.1) is 23.7 Å². The highest BCUT2D eigenvalue weighted by Gasteiger charge is 2.37. The molecule has 2 rings (SSSR count). The molecule has 0 spiro atoms. The lowest BCUT2D eigenvalue weighted by Gasteiger charge is -2.34. The quantitative estimate of drug-likeness (QED) is 0.926. The Bertz CT molecular complexity index is 436. The number of thiazole rings is 1. The van der Waals surface area contributed by atoms with E-state index in [9.17, 15) is 13.2 Å². The molecule has 1 unspecified atom stereocenters. The first-order valence-electron chi connectivity index (χ1n) is 6.39. The first kappa shape index (κ1) is 17.7. The third-order valence-corrected chi connectivity index (χ3v) is 4.40. The predicted octanol–water partition coefficient (Wildman–Crippen LogP) is 3.21. The Hall–Kier alpha value is -0.370. The van der Waals surface area contributed by atoms with E-state index in [1.807, 2.05) is 0 Å². The van der Waals surface area contributed by atoms with Crippen LogP contribution in [0.15, 0.2) is 0 Å². The Morgan fingerprint density at radius 1 is 1.40 bits per heavy atom. The summed E-state index contributed by atoms with van der Waals surface area (Å²) in [6.07, 6.45) is -1.27. The van der Waals surface area contributed by atoms with Crippen LogP contribution >= 0.6 is 23.7 Å². The van der Waals surface area contributed by atoms with Crippen LogP contribution in [0.5, 0.6) is 0 Å². The van der Waals surface area contributed by atoms with Crippen LogP contribution in [0.2, 0.25) is 0 Å². The summed E-state index contributed by atoms with van der Waals surface area (Å²) >= 11 is 1.13. The van der Waals surface area contributed by atoms with Crippen molar-refractivity contribution in [1.82, 2.24) is 9.88 Å². The maximum atomic E-state index is 12.9. The van der Waals surface area contributed by atoms with Crippen LogP contribution in [0, 0.1) is 6.92 Å². The molecular formula is C12H19ClF3N3S. The van der Waals surface area contributed by atoms with Crippen molar-refractivity contribution < 1.29 is 13.2 Å². The summed E-state index contributed by atoms with van der Waals surface area (Å²) in [7, 11) is 0. The second kappa shape index (κ2) is 7.06. The smallest absolute Gasteiger partial charge is 0.329 e. The minimum atomic E-state index is -4.37. The standard InChI is InChI=1S/C12H18F3N3S.ClH/c1-8-17-11(12(13,14)15)10(19-8)7-18-5-3-2-4-9(18)6-16;/h9H,2-7,16H2,1H3;1H. The summed E-state index contributed by atoms with van der Waals surface area (Å²) in [5, 5.41) is 0.462. The number of nitrogens with zero attached hydrogens (tertiary/aromatic N) is 2. The van der Waals surface area contributed by atoms with Gasteiger partial charge in [0, 0.05) is 19.1 Å². The zero-order chi connectivity index (χ0) is 14.0. The number of piperidine rings is 1. The summed E-state index contributed by atoms with van der Waals surface area (Å²) in [6.45, 7) is 3.23. The summed E-state index contributed by atoms with van der Waals surface area (Å²) in [5.74, 6) is 0.